The lowest BCUT2D eigenvalue weighted by Crippen LogP contribution is -2.46. The maximum atomic E-state index is 12.1. The summed E-state index contributed by atoms with van der Waals surface area (Å²) in [5, 5.41) is 10.1. The van der Waals surface area contributed by atoms with E-state index in [2.05, 4.69) is 34.3 Å². The van der Waals surface area contributed by atoms with Gasteiger partial charge in [0.15, 0.2) is 0 Å². The number of aromatic amines is 1. The van der Waals surface area contributed by atoms with Gasteiger partial charge in [0.25, 0.3) is 5.91 Å². The third-order valence-electron chi connectivity index (χ3n) is 4.72. The molecule has 5 nitrogen and oxygen atoms in total. The highest BCUT2D eigenvalue weighted by Gasteiger charge is 2.27. The van der Waals surface area contributed by atoms with E-state index < -0.39 is 0 Å². The molecular formula is C16H26N4O. The highest BCUT2D eigenvalue weighted by molar-refractivity contribution is 5.92. The number of aromatic nitrogens is 2. The van der Waals surface area contributed by atoms with Crippen molar-refractivity contribution in [3.8, 4) is 0 Å². The van der Waals surface area contributed by atoms with Gasteiger partial charge in [0.1, 0.15) is 5.69 Å². The summed E-state index contributed by atoms with van der Waals surface area (Å²) in [5.74, 6) is 1.31. The predicted octanol–water partition coefficient (Wildman–Crippen LogP) is 2.14. The zero-order valence-corrected chi connectivity index (χ0v) is 13.1. The first-order valence-corrected chi connectivity index (χ1v) is 8.21. The minimum atomic E-state index is -0.0601. The number of carbonyl (C=O) groups excluding carboxylic acids is 1. The second-order valence-electron chi connectivity index (χ2n) is 6.78. The Kier molecular flexibility index (Phi) is 4.29. The minimum Gasteiger partial charge on any atom is -0.349 e. The van der Waals surface area contributed by atoms with Crippen molar-refractivity contribution in [2.75, 3.05) is 19.6 Å². The van der Waals surface area contributed by atoms with Crippen LogP contribution >= 0.6 is 0 Å². The summed E-state index contributed by atoms with van der Waals surface area (Å²) in [5.41, 5.74) is 1.63. The molecule has 1 amide bonds. The van der Waals surface area contributed by atoms with E-state index >= 15 is 0 Å². The standard InChI is InChI=1S/C16H26N4O/c1-11-4-3-7-20(10-11)12(2)9-17-16(21)15-8-14(18-19-15)13-5-6-13/h8,11-13H,3-7,9-10H2,1-2H3,(H,17,21)(H,18,19). The van der Waals surface area contributed by atoms with Crippen LogP contribution in [0.1, 0.15) is 61.6 Å². The number of rotatable bonds is 5. The summed E-state index contributed by atoms with van der Waals surface area (Å²) in [7, 11) is 0. The van der Waals surface area contributed by atoms with Crippen LogP contribution in [-0.4, -0.2) is 46.7 Å². The fraction of sp³-hybridized carbons (Fsp3) is 0.750. The van der Waals surface area contributed by atoms with Crippen molar-refractivity contribution in [2.24, 2.45) is 5.92 Å². The fourth-order valence-corrected chi connectivity index (χ4v) is 3.14. The minimum absolute atomic E-state index is 0.0601. The van der Waals surface area contributed by atoms with Gasteiger partial charge in [-0.1, -0.05) is 6.92 Å². The molecule has 1 saturated carbocycles. The number of hydrogen-bond donors (Lipinski definition) is 2. The average molecular weight is 290 g/mol. The van der Waals surface area contributed by atoms with E-state index in [0.29, 0.717) is 24.2 Å². The molecule has 3 rings (SSSR count). The predicted molar refractivity (Wildman–Crippen MR) is 82.3 cm³/mol. The molecule has 2 N–H and O–H groups in total. The van der Waals surface area contributed by atoms with Gasteiger partial charge >= 0.3 is 0 Å². The molecule has 2 heterocycles. The van der Waals surface area contributed by atoms with Crippen LogP contribution in [0.4, 0.5) is 0 Å². The summed E-state index contributed by atoms with van der Waals surface area (Å²) >= 11 is 0. The van der Waals surface area contributed by atoms with Crippen molar-refractivity contribution < 1.29 is 4.79 Å². The second-order valence-corrected chi connectivity index (χ2v) is 6.78. The van der Waals surface area contributed by atoms with Gasteiger partial charge in [-0.05, 0) is 51.1 Å². The smallest absolute Gasteiger partial charge is 0.271 e. The topological polar surface area (TPSA) is 61.0 Å². The molecule has 0 aromatic carbocycles. The van der Waals surface area contributed by atoms with E-state index in [-0.39, 0.29) is 5.91 Å². The Bertz CT molecular complexity index is 494. The van der Waals surface area contributed by atoms with Crippen molar-refractivity contribution >= 4 is 5.91 Å². The molecule has 5 heteroatoms. The van der Waals surface area contributed by atoms with E-state index in [4.69, 9.17) is 0 Å². The molecule has 1 saturated heterocycles. The van der Waals surface area contributed by atoms with E-state index in [1.165, 1.54) is 25.7 Å². The fourth-order valence-electron chi connectivity index (χ4n) is 3.14. The summed E-state index contributed by atoms with van der Waals surface area (Å²) in [6.45, 7) is 7.48. The van der Waals surface area contributed by atoms with Gasteiger partial charge in [-0.25, -0.2) is 0 Å². The number of likely N-dealkylation sites (tertiary alicyclic amines) is 1. The zero-order valence-electron chi connectivity index (χ0n) is 13.1. The van der Waals surface area contributed by atoms with Crippen LogP contribution in [0.15, 0.2) is 6.07 Å². The lowest BCUT2D eigenvalue weighted by atomic mass is 9.99. The lowest BCUT2D eigenvalue weighted by Gasteiger charge is -2.35. The largest absolute Gasteiger partial charge is 0.349 e. The third kappa shape index (κ3) is 3.64. The maximum absolute atomic E-state index is 12.1. The highest BCUT2D eigenvalue weighted by atomic mass is 16.1. The van der Waals surface area contributed by atoms with Crippen LogP contribution in [0.2, 0.25) is 0 Å². The number of piperidine rings is 1. The Morgan fingerprint density at radius 3 is 3.05 bits per heavy atom. The first-order chi connectivity index (χ1) is 10.1. The molecule has 2 fully saturated rings. The van der Waals surface area contributed by atoms with E-state index in [1.807, 2.05) is 6.07 Å². The van der Waals surface area contributed by atoms with Crippen molar-refractivity contribution in [1.82, 2.24) is 20.4 Å². The summed E-state index contributed by atoms with van der Waals surface area (Å²) in [6.07, 6.45) is 5.03. The van der Waals surface area contributed by atoms with Crippen LogP contribution in [0.3, 0.4) is 0 Å². The molecule has 1 aliphatic carbocycles. The van der Waals surface area contributed by atoms with E-state index in [1.54, 1.807) is 0 Å². The van der Waals surface area contributed by atoms with Crippen molar-refractivity contribution in [3.63, 3.8) is 0 Å². The number of nitrogens with one attached hydrogen (secondary N) is 2. The third-order valence-corrected chi connectivity index (χ3v) is 4.72. The van der Waals surface area contributed by atoms with E-state index in [0.717, 1.165) is 24.7 Å². The zero-order chi connectivity index (χ0) is 14.8. The van der Waals surface area contributed by atoms with Gasteiger partial charge in [0.05, 0.1) is 0 Å². The number of amides is 1. The van der Waals surface area contributed by atoms with Gasteiger partial charge in [0, 0.05) is 30.7 Å². The Labute approximate surface area is 126 Å². The number of hydrogen-bond acceptors (Lipinski definition) is 3. The SMILES string of the molecule is CC1CCCN(C(C)CNC(=O)c2cc(C3CC3)[nH]n2)C1. The molecular weight excluding hydrogens is 264 g/mol. The number of carbonyl (C=O) groups is 1. The van der Waals surface area contributed by atoms with Crippen LogP contribution in [-0.2, 0) is 0 Å². The molecule has 0 bridgehead atoms. The molecule has 21 heavy (non-hydrogen) atoms. The van der Waals surface area contributed by atoms with Gasteiger partial charge in [-0.3, -0.25) is 14.8 Å². The molecule has 0 spiro atoms. The quantitative estimate of drug-likeness (QED) is 0.873. The van der Waals surface area contributed by atoms with Gasteiger partial charge in [0.2, 0.25) is 0 Å². The first kappa shape index (κ1) is 14.6. The first-order valence-electron chi connectivity index (χ1n) is 8.21. The van der Waals surface area contributed by atoms with E-state index in [9.17, 15) is 4.79 Å². The Balaban J connectivity index is 1.47. The van der Waals surface area contributed by atoms with Crippen molar-refractivity contribution in [1.29, 1.82) is 0 Å². The van der Waals surface area contributed by atoms with Crippen molar-refractivity contribution in [3.05, 3.63) is 17.5 Å². The molecule has 1 aromatic rings. The Hall–Kier alpha value is -1.36. The number of nitrogens with zero attached hydrogens (tertiary/aromatic N) is 2. The maximum Gasteiger partial charge on any atom is 0.271 e. The van der Waals surface area contributed by atoms with Crippen LogP contribution in [0.5, 0.6) is 0 Å². The molecule has 116 valence electrons. The lowest BCUT2D eigenvalue weighted by molar-refractivity contribution is 0.0912. The Morgan fingerprint density at radius 2 is 2.33 bits per heavy atom. The highest BCUT2D eigenvalue weighted by Crippen LogP contribution is 2.38. The molecule has 2 unspecified atom stereocenters. The Morgan fingerprint density at radius 1 is 1.52 bits per heavy atom. The molecule has 0 radical (unpaired) electrons. The van der Waals surface area contributed by atoms with Crippen molar-refractivity contribution in [2.45, 2.75) is 51.5 Å². The molecule has 1 aromatic heterocycles. The second kappa shape index (κ2) is 6.18. The molecule has 2 aliphatic rings. The number of H-pyrrole nitrogens is 1. The van der Waals surface area contributed by atoms with Crippen LogP contribution in [0.25, 0.3) is 0 Å². The summed E-state index contributed by atoms with van der Waals surface area (Å²) in [4.78, 5) is 14.6. The summed E-state index contributed by atoms with van der Waals surface area (Å²) in [6, 6.07) is 2.29. The van der Waals surface area contributed by atoms with Gasteiger partial charge in [-0.15, -0.1) is 0 Å². The van der Waals surface area contributed by atoms with Crippen LogP contribution in [0, 0.1) is 5.92 Å². The van der Waals surface area contributed by atoms with Crippen LogP contribution < -0.4 is 5.32 Å². The van der Waals surface area contributed by atoms with Gasteiger partial charge in [-0.2, -0.15) is 5.10 Å². The normalized spacial score (nSPS) is 24.8. The molecule has 1 aliphatic heterocycles. The monoisotopic (exact) mass is 290 g/mol. The average Bonchev–Trinajstić information content (AvgIpc) is 3.22. The molecule has 2 atom stereocenters. The summed E-state index contributed by atoms with van der Waals surface area (Å²) < 4.78 is 0. The van der Waals surface area contributed by atoms with Gasteiger partial charge < -0.3 is 5.32 Å².